The van der Waals surface area contributed by atoms with Crippen LogP contribution in [-0.2, 0) is 11.3 Å². The van der Waals surface area contributed by atoms with Crippen molar-refractivity contribution in [3.63, 3.8) is 0 Å². The molecule has 26 heavy (non-hydrogen) atoms. The summed E-state index contributed by atoms with van der Waals surface area (Å²) < 4.78 is 11.9. The summed E-state index contributed by atoms with van der Waals surface area (Å²) in [5, 5.41) is 9.75. The Balaban J connectivity index is 1.83. The van der Waals surface area contributed by atoms with Crippen LogP contribution in [0.1, 0.15) is 23.7 Å². The fourth-order valence-electron chi connectivity index (χ4n) is 3.22. The molecule has 1 fully saturated rings. The number of rotatable bonds is 5. The molecule has 2 atom stereocenters. The van der Waals surface area contributed by atoms with Crippen LogP contribution >= 0.6 is 27.5 Å². The molecule has 0 unspecified atom stereocenters. The average molecular weight is 437 g/mol. The topological polar surface area (TPSA) is 58.4 Å². The summed E-state index contributed by atoms with van der Waals surface area (Å²) in [6.45, 7) is 2.12. The molecule has 7 heteroatoms. The van der Waals surface area contributed by atoms with Crippen LogP contribution < -0.4 is 4.74 Å². The van der Waals surface area contributed by atoms with Crippen LogP contribution in [0, 0.1) is 11.3 Å². The number of aromatic nitrogens is 1. The molecule has 1 saturated heterocycles. The lowest BCUT2D eigenvalue weighted by atomic mass is 9.97. The van der Waals surface area contributed by atoms with Crippen molar-refractivity contribution in [3.8, 4) is 11.8 Å². The lowest BCUT2D eigenvalue weighted by Gasteiger charge is -2.40. The summed E-state index contributed by atoms with van der Waals surface area (Å²) in [4.78, 5) is 6.43. The van der Waals surface area contributed by atoms with E-state index in [0.717, 1.165) is 24.4 Å². The molecule has 1 aromatic carbocycles. The third-order valence-electron chi connectivity index (χ3n) is 4.45. The minimum atomic E-state index is -0.224. The summed E-state index contributed by atoms with van der Waals surface area (Å²) in [7, 11) is 1.66. The van der Waals surface area contributed by atoms with Gasteiger partial charge in [0.25, 0.3) is 0 Å². The van der Waals surface area contributed by atoms with Crippen LogP contribution in [-0.4, -0.2) is 36.2 Å². The van der Waals surface area contributed by atoms with Gasteiger partial charge in [0.05, 0.1) is 38.4 Å². The zero-order valence-electron chi connectivity index (χ0n) is 14.4. The van der Waals surface area contributed by atoms with E-state index in [1.165, 1.54) is 5.56 Å². The van der Waals surface area contributed by atoms with E-state index in [4.69, 9.17) is 21.1 Å². The van der Waals surface area contributed by atoms with Crippen molar-refractivity contribution in [1.82, 2.24) is 9.88 Å². The first kappa shape index (κ1) is 19.1. The molecule has 1 aliphatic heterocycles. The van der Waals surface area contributed by atoms with Crippen molar-refractivity contribution < 1.29 is 9.47 Å². The van der Waals surface area contributed by atoms with Crippen LogP contribution in [0.15, 0.2) is 41.0 Å². The highest BCUT2D eigenvalue weighted by molar-refractivity contribution is 9.10. The number of nitriles is 1. The number of ether oxygens (including phenoxy) is 2. The van der Waals surface area contributed by atoms with Gasteiger partial charge in [-0.15, -0.1) is 0 Å². The smallest absolute Gasteiger partial charge is 0.130 e. The number of nitrogens with zero attached hydrogens (tertiary/aromatic N) is 3. The molecule has 2 aromatic rings. The van der Waals surface area contributed by atoms with Crippen LogP contribution in [0.2, 0.25) is 5.15 Å². The van der Waals surface area contributed by atoms with Crippen LogP contribution in [0.25, 0.3) is 0 Å². The molecule has 0 aliphatic carbocycles. The Morgan fingerprint density at radius 1 is 1.38 bits per heavy atom. The van der Waals surface area contributed by atoms with Gasteiger partial charge in [-0.1, -0.05) is 23.7 Å². The van der Waals surface area contributed by atoms with Gasteiger partial charge in [-0.25, -0.2) is 4.98 Å². The number of hydrogen-bond acceptors (Lipinski definition) is 5. The Bertz CT molecular complexity index is 774. The zero-order chi connectivity index (χ0) is 18.5. The minimum Gasteiger partial charge on any atom is -0.497 e. The summed E-state index contributed by atoms with van der Waals surface area (Å²) in [5.74, 6) is 0.832. The van der Waals surface area contributed by atoms with Crippen molar-refractivity contribution in [2.24, 2.45) is 0 Å². The van der Waals surface area contributed by atoms with Crippen LogP contribution in [0.3, 0.4) is 0 Å². The van der Waals surface area contributed by atoms with E-state index in [1.807, 2.05) is 30.3 Å². The Kier molecular flexibility index (Phi) is 6.49. The van der Waals surface area contributed by atoms with E-state index < -0.39 is 0 Å². The van der Waals surface area contributed by atoms with Gasteiger partial charge in [-0.2, -0.15) is 5.26 Å². The van der Waals surface area contributed by atoms with Gasteiger partial charge in [-0.3, -0.25) is 4.90 Å². The third kappa shape index (κ3) is 4.54. The molecule has 0 bridgehead atoms. The van der Waals surface area contributed by atoms with E-state index >= 15 is 0 Å². The molecule has 2 heterocycles. The predicted molar refractivity (Wildman–Crippen MR) is 103 cm³/mol. The van der Waals surface area contributed by atoms with E-state index in [-0.39, 0.29) is 12.1 Å². The molecule has 1 aromatic heterocycles. The summed E-state index contributed by atoms with van der Waals surface area (Å²) >= 11 is 9.48. The van der Waals surface area contributed by atoms with E-state index in [2.05, 4.69) is 31.9 Å². The molecule has 1 aliphatic rings. The quantitative estimate of drug-likeness (QED) is 0.652. The Morgan fingerprint density at radius 3 is 2.81 bits per heavy atom. The van der Waals surface area contributed by atoms with Gasteiger partial charge in [0.15, 0.2) is 0 Å². The Hall–Kier alpha value is -1.65. The van der Waals surface area contributed by atoms with Crippen LogP contribution in [0.4, 0.5) is 0 Å². The molecule has 0 N–H and O–H groups in total. The SMILES string of the molecule is COc1ccc(CN2CCO[C@@H](c3cc(Cl)nc(Br)c3)[C@@H]2CC#N)cc1. The van der Waals surface area contributed by atoms with Crippen molar-refractivity contribution >= 4 is 27.5 Å². The normalized spacial score (nSPS) is 20.5. The van der Waals surface area contributed by atoms with E-state index in [9.17, 15) is 5.26 Å². The number of benzene rings is 1. The van der Waals surface area contributed by atoms with Crippen molar-refractivity contribution in [2.75, 3.05) is 20.3 Å². The van der Waals surface area contributed by atoms with Gasteiger partial charge in [0.2, 0.25) is 0 Å². The molecule has 3 rings (SSSR count). The maximum absolute atomic E-state index is 9.35. The van der Waals surface area contributed by atoms with Crippen molar-refractivity contribution in [1.29, 1.82) is 5.26 Å². The number of morpholine rings is 1. The minimum absolute atomic E-state index is 0.0544. The monoisotopic (exact) mass is 435 g/mol. The van der Waals surface area contributed by atoms with Crippen molar-refractivity contribution in [3.05, 3.63) is 57.3 Å². The third-order valence-corrected chi connectivity index (χ3v) is 5.05. The standard InChI is InChI=1S/C19H19BrClN3O2/c1-25-15-4-2-13(3-5-15)12-24-8-9-26-19(16(24)6-7-22)14-10-17(20)23-18(21)11-14/h2-5,10-11,16,19H,6,8-9,12H2,1H3/t16-,19-/m0/s1. The number of pyridine rings is 1. The second-order valence-electron chi connectivity index (χ2n) is 6.09. The molecule has 0 radical (unpaired) electrons. The van der Waals surface area contributed by atoms with Gasteiger partial charge >= 0.3 is 0 Å². The van der Waals surface area contributed by atoms with Gasteiger partial charge in [0, 0.05) is 13.1 Å². The molecule has 136 valence electrons. The highest BCUT2D eigenvalue weighted by atomic mass is 79.9. The summed E-state index contributed by atoms with van der Waals surface area (Å²) in [5.41, 5.74) is 2.10. The maximum Gasteiger partial charge on any atom is 0.130 e. The fourth-order valence-corrected chi connectivity index (χ4v) is 4.00. The first-order valence-corrected chi connectivity index (χ1v) is 9.46. The molecule has 0 spiro atoms. The Labute approximate surface area is 166 Å². The molecule has 0 amide bonds. The maximum atomic E-state index is 9.35. The van der Waals surface area contributed by atoms with Gasteiger partial charge < -0.3 is 9.47 Å². The first-order chi connectivity index (χ1) is 12.6. The predicted octanol–water partition coefficient (Wildman–Crippen LogP) is 4.36. The number of halogens is 2. The largest absolute Gasteiger partial charge is 0.497 e. The lowest BCUT2D eigenvalue weighted by Crippen LogP contribution is -2.46. The van der Waals surface area contributed by atoms with Crippen molar-refractivity contribution in [2.45, 2.75) is 25.1 Å². The highest BCUT2D eigenvalue weighted by Gasteiger charge is 2.33. The number of methoxy groups -OCH3 is 1. The second-order valence-corrected chi connectivity index (χ2v) is 7.29. The molecule has 0 saturated carbocycles. The van der Waals surface area contributed by atoms with Gasteiger partial charge in [0.1, 0.15) is 15.5 Å². The molecular weight excluding hydrogens is 418 g/mol. The lowest BCUT2D eigenvalue weighted by molar-refractivity contribution is -0.0751. The van der Waals surface area contributed by atoms with E-state index in [0.29, 0.717) is 22.8 Å². The Morgan fingerprint density at radius 2 is 2.15 bits per heavy atom. The summed E-state index contributed by atoms with van der Waals surface area (Å²) in [6.07, 6.45) is 0.150. The molecular formula is C19H19BrClN3O2. The number of hydrogen-bond donors (Lipinski definition) is 0. The van der Waals surface area contributed by atoms with Crippen LogP contribution in [0.5, 0.6) is 5.75 Å². The summed E-state index contributed by atoms with van der Waals surface area (Å²) in [6, 6.07) is 13.9. The highest BCUT2D eigenvalue weighted by Crippen LogP contribution is 2.33. The fraction of sp³-hybridized carbons (Fsp3) is 0.368. The zero-order valence-corrected chi connectivity index (χ0v) is 16.7. The second kappa shape index (κ2) is 8.83. The first-order valence-electron chi connectivity index (χ1n) is 8.29. The van der Waals surface area contributed by atoms with E-state index in [1.54, 1.807) is 13.2 Å². The van der Waals surface area contributed by atoms with Gasteiger partial charge in [-0.05, 0) is 51.3 Å². The average Bonchev–Trinajstić information content (AvgIpc) is 2.63. The molecule has 5 nitrogen and oxygen atoms in total.